The topological polar surface area (TPSA) is 67.4 Å². The van der Waals surface area contributed by atoms with Gasteiger partial charge in [-0.15, -0.1) is 11.3 Å². The van der Waals surface area contributed by atoms with Crippen LogP contribution in [0.15, 0.2) is 29.6 Å². The molecule has 1 aromatic carbocycles. The largest absolute Gasteiger partial charge is 0.375 e. The van der Waals surface area contributed by atoms with Crippen molar-refractivity contribution in [3.8, 4) is 0 Å². The van der Waals surface area contributed by atoms with Gasteiger partial charge in [-0.05, 0) is 48.9 Å². The van der Waals surface area contributed by atoms with Crippen molar-refractivity contribution >= 4 is 28.8 Å². The molecule has 25 heavy (non-hydrogen) atoms. The fourth-order valence-electron chi connectivity index (χ4n) is 3.05. The molecule has 0 saturated heterocycles. The number of aryl methyl sites for hydroxylation is 1. The molecular formula is C19H22N2O3S. The Hall–Kier alpha value is -2.18. The lowest BCUT2D eigenvalue weighted by atomic mass is 9.95. The van der Waals surface area contributed by atoms with E-state index in [4.69, 9.17) is 4.74 Å². The number of hydrogen-bond acceptors (Lipinski definition) is 4. The summed E-state index contributed by atoms with van der Waals surface area (Å²) in [6, 6.07) is 7.46. The second-order valence-electron chi connectivity index (χ2n) is 6.12. The van der Waals surface area contributed by atoms with Gasteiger partial charge in [0.05, 0.1) is 5.56 Å². The summed E-state index contributed by atoms with van der Waals surface area (Å²) in [4.78, 5) is 25.4. The number of anilines is 1. The van der Waals surface area contributed by atoms with Gasteiger partial charge in [0.1, 0.15) is 6.61 Å². The molecule has 0 radical (unpaired) electrons. The van der Waals surface area contributed by atoms with E-state index in [1.165, 1.54) is 24.0 Å². The number of hydrogen-bond donors (Lipinski definition) is 2. The molecule has 2 amide bonds. The third-order valence-corrected chi connectivity index (χ3v) is 5.33. The summed E-state index contributed by atoms with van der Waals surface area (Å²) in [5, 5.41) is 7.73. The number of ether oxygens (including phenoxy) is 1. The third kappa shape index (κ3) is 4.46. The Morgan fingerprint density at radius 1 is 1.24 bits per heavy atom. The van der Waals surface area contributed by atoms with Crippen molar-refractivity contribution in [1.82, 2.24) is 5.32 Å². The molecule has 0 fully saturated rings. The van der Waals surface area contributed by atoms with Crippen LogP contribution >= 0.6 is 11.3 Å². The van der Waals surface area contributed by atoms with Gasteiger partial charge in [-0.3, -0.25) is 9.59 Å². The average Bonchev–Trinajstić information content (AvgIpc) is 3.04. The van der Waals surface area contributed by atoms with Crippen molar-refractivity contribution in [3.63, 3.8) is 0 Å². The van der Waals surface area contributed by atoms with Gasteiger partial charge in [0, 0.05) is 29.6 Å². The molecule has 1 heterocycles. The first-order valence-electron chi connectivity index (χ1n) is 8.42. The fraction of sp³-hybridized carbons (Fsp3) is 0.368. The highest BCUT2D eigenvalue weighted by Gasteiger charge is 2.19. The molecule has 5 nitrogen and oxygen atoms in total. The van der Waals surface area contributed by atoms with Crippen LogP contribution in [0.25, 0.3) is 0 Å². The minimum Gasteiger partial charge on any atom is -0.375 e. The Morgan fingerprint density at radius 2 is 2.08 bits per heavy atom. The van der Waals surface area contributed by atoms with Crippen molar-refractivity contribution < 1.29 is 14.3 Å². The van der Waals surface area contributed by atoms with E-state index in [2.05, 4.69) is 10.6 Å². The van der Waals surface area contributed by atoms with Crippen LogP contribution in [0.1, 0.15) is 39.2 Å². The summed E-state index contributed by atoms with van der Waals surface area (Å²) >= 11 is 1.70. The van der Waals surface area contributed by atoms with Crippen molar-refractivity contribution in [1.29, 1.82) is 0 Å². The van der Waals surface area contributed by atoms with E-state index in [-0.39, 0.29) is 18.4 Å². The molecule has 2 aromatic rings. The Kier molecular flexibility index (Phi) is 5.83. The van der Waals surface area contributed by atoms with Gasteiger partial charge >= 0.3 is 0 Å². The predicted octanol–water partition coefficient (Wildman–Crippen LogP) is 3.14. The molecule has 1 aromatic heterocycles. The molecule has 1 aliphatic carbocycles. The maximum atomic E-state index is 12.5. The Morgan fingerprint density at radius 3 is 2.92 bits per heavy atom. The molecule has 0 saturated carbocycles. The molecule has 2 N–H and O–H groups in total. The first kappa shape index (κ1) is 17.6. The number of fused-ring (bicyclic) bond motifs is 1. The smallest absolute Gasteiger partial charge is 0.252 e. The molecule has 132 valence electrons. The number of amides is 2. The van der Waals surface area contributed by atoms with E-state index in [9.17, 15) is 9.59 Å². The minimum atomic E-state index is -0.200. The SMILES string of the molecule is COCC(=O)Nc1cccc(CNC(=O)c2csc3c2CCCC3)c1. The quantitative estimate of drug-likeness (QED) is 0.834. The van der Waals surface area contributed by atoms with Crippen LogP contribution in [0.4, 0.5) is 5.69 Å². The highest BCUT2D eigenvalue weighted by Crippen LogP contribution is 2.30. The standard InChI is InChI=1S/C19H22N2O3S/c1-24-11-18(22)21-14-6-4-5-13(9-14)10-20-19(23)16-12-25-17-8-3-2-7-15(16)17/h4-6,9,12H,2-3,7-8,10-11H2,1H3,(H,20,23)(H,21,22). The molecule has 0 spiro atoms. The summed E-state index contributed by atoms with van der Waals surface area (Å²) < 4.78 is 4.80. The van der Waals surface area contributed by atoms with Gasteiger partial charge in [0.25, 0.3) is 5.91 Å². The van der Waals surface area contributed by atoms with E-state index in [0.29, 0.717) is 12.2 Å². The van der Waals surface area contributed by atoms with Gasteiger partial charge in [0.15, 0.2) is 0 Å². The Labute approximate surface area is 151 Å². The molecule has 6 heteroatoms. The second-order valence-corrected chi connectivity index (χ2v) is 7.09. The van der Waals surface area contributed by atoms with Crippen LogP contribution in [0.5, 0.6) is 0 Å². The molecule has 0 aliphatic heterocycles. The molecule has 0 atom stereocenters. The summed E-state index contributed by atoms with van der Waals surface area (Å²) in [6.45, 7) is 0.446. The molecule has 0 bridgehead atoms. The van der Waals surface area contributed by atoms with Crippen LogP contribution in [-0.2, 0) is 28.9 Å². The van der Waals surface area contributed by atoms with Gasteiger partial charge in [0.2, 0.25) is 5.91 Å². The van der Waals surface area contributed by atoms with Gasteiger partial charge < -0.3 is 15.4 Å². The van der Waals surface area contributed by atoms with Crippen molar-refractivity contribution in [2.45, 2.75) is 32.2 Å². The molecule has 0 unspecified atom stereocenters. The predicted molar refractivity (Wildman–Crippen MR) is 99.1 cm³/mol. The zero-order valence-electron chi connectivity index (χ0n) is 14.3. The Balaban J connectivity index is 1.61. The molecule has 3 rings (SSSR count). The van der Waals surface area contributed by atoms with Crippen LogP contribution in [0.2, 0.25) is 0 Å². The third-order valence-electron chi connectivity index (χ3n) is 4.25. The lowest BCUT2D eigenvalue weighted by Gasteiger charge is -2.13. The van der Waals surface area contributed by atoms with Gasteiger partial charge in [-0.25, -0.2) is 0 Å². The minimum absolute atomic E-state index is 0.0181. The molecular weight excluding hydrogens is 336 g/mol. The summed E-state index contributed by atoms with van der Waals surface area (Å²) in [6.07, 6.45) is 4.47. The number of benzene rings is 1. The highest BCUT2D eigenvalue weighted by molar-refractivity contribution is 7.10. The number of carbonyl (C=O) groups excluding carboxylic acids is 2. The molecule has 1 aliphatic rings. The maximum absolute atomic E-state index is 12.5. The van der Waals surface area contributed by atoms with Crippen molar-refractivity contribution in [2.75, 3.05) is 19.0 Å². The van der Waals surface area contributed by atoms with Crippen molar-refractivity contribution in [2.24, 2.45) is 0 Å². The van der Waals surface area contributed by atoms with Crippen LogP contribution in [0.3, 0.4) is 0 Å². The van der Waals surface area contributed by atoms with E-state index in [1.807, 2.05) is 29.6 Å². The normalized spacial score (nSPS) is 13.2. The van der Waals surface area contributed by atoms with E-state index in [1.54, 1.807) is 11.3 Å². The summed E-state index contributed by atoms with van der Waals surface area (Å²) in [5.74, 6) is -0.221. The number of methoxy groups -OCH3 is 1. The number of thiophene rings is 1. The van der Waals surface area contributed by atoms with E-state index < -0.39 is 0 Å². The first-order valence-corrected chi connectivity index (χ1v) is 9.30. The number of rotatable bonds is 6. The lowest BCUT2D eigenvalue weighted by molar-refractivity contribution is -0.119. The maximum Gasteiger partial charge on any atom is 0.252 e. The fourth-order valence-corrected chi connectivity index (χ4v) is 4.17. The monoisotopic (exact) mass is 358 g/mol. The zero-order valence-corrected chi connectivity index (χ0v) is 15.1. The lowest BCUT2D eigenvalue weighted by Crippen LogP contribution is -2.24. The van der Waals surface area contributed by atoms with Crippen molar-refractivity contribution in [3.05, 3.63) is 51.2 Å². The van der Waals surface area contributed by atoms with E-state index >= 15 is 0 Å². The second kappa shape index (κ2) is 8.27. The van der Waals surface area contributed by atoms with Crippen LogP contribution in [-0.4, -0.2) is 25.5 Å². The van der Waals surface area contributed by atoms with Crippen LogP contribution < -0.4 is 10.6 Å². The average molecular weight is 358 g/mol. The van der Waals surface area contributed by atoms with Gasteiger partial charge in [-0.2, -0.15) is 0 Å². The van der Waals surface area contributed by atoms with Gasteiger partial charge in [-0.1, -0.05) is 12.1 Å². The first-order chi connectivity index (χ1) is 12.2. The summed E-state index contributed by atoms with van der Waals surface area (Å²) in [5.41, 5.74) is 3.69. The number of carbonyl (C=O) groups is 2. The summed E-state index contributed by atoms with van der Waals surface area (Å²) in [7, 11) is 1.48. The number of nitrogens with one attached hydrogen (secondary N) is 2. The Bertz CT molecular complexity index is 770. The van der Waals surface area contributed by atoms with E-state index in [0.717, 1.165) is 30.4 Å². The zero-order chi connectivity index (χ0) is 17.6. The van der Waals surface area contributed by atoms with Crippen LogP contribution in [0, 0.1) is 0 Å². The highest BCUT2D eigenvalue weighted by atomic mass is 32.1.